The zero-order chi connectivity index (χ0) is 57.7. The smallest absolute Gasteiger partial charge is 0.256 e. The van der Waals surface area contributed by atoms with E-state index in [9.17, 15) is 2.74 Å². The van der Waals surface area contributed by atoms with Gasteiger partial charge in [0.15, 0.2) is 0 Å². The zero-order valence-electron chi connectivity index (χ0n) is 49.9. The molecule has 378 valence electrons. The minimum absolute atomic E-state index is 0.0908. The van der Waals surface area contributed by atoms with E-state index in [1.807, 2.05) is 48.5 Å². The number of benzene rings is 11. The summed E-state index contributed by atoms with van der Waals surface area (Å²) >= 11 is 0. The number of nitrogens with zero attached hydrogens (tertiary/aromatic N) is 2. The average Bonchev–Trinajstić information content (AvgIpc) is 1.45. The van der Waals surface area contributed by atoms with Gasteiger partial charge in [-0.15, -0.1) is 0 Å². The molecule has 0 radical (unpaired) electrons. The first-order valence-electron chi connectivity index (χ1n) is 29.8. The molecule has 0 fully saturated rings. The molecule has 4 nitrogen and oxygen atoms in total. The third-order valence-electron chi connectivity index (χ3n) is 16.4. The molecular weight excluding hydrogens is 960 g/mol. The summed E-state index contributed by atoms with van der Waals surface area (Å²) in [5, 5.41) is 4.31. The van der Waals surface area contributed by atoms with Crippen LogP contribution in [0.2, 0.25) is 0 Å². The van der Waals surface area contributed by atoms with E-state index in [0.29, 0.717) is 17.1 Å². The van der Waals surface area contributed by atoms with Crippen LogP contribution >= 0.6 is 0 Å². The van der Waals surface area contributed by atoms with Crippen molar-refractivity contribution in [1.82, 2.24) is 4.57 Å². The van der Waals surface area contributed by atoms with Crippen LogP contribution in [-0.4, -0.2) is 11.3 Å². The Morgan fingerprint density at radius 1 is 0.405 bits per heavy atom. The topological polar surface area (TPSA) is 30.5 Å². The molecule has 0 saturated heterocycles. The number of ether oxygens (including phenoxy) is 1. The number of furan rings is 1. The molecule has 79 heavy (non-hydrogen) atoms. The zero-order valence-corrected chi connectivity index (χ0v) is 44.9. The van der Waals surface area contributed by atoms with Gasteiger partial charge in [0.25, 0.3) is 6.71 Å². The van der Waals surface area contributed by atoms with Crippen LogP contribution in [0, 0.1) is 0 Å². The van der Waals surface area contributed by atoms with Crippen molar-refractivity contribution in [2.24, 2.45) is 0 Å². The summed E-state index contributed by atoms with van der Waals surface area (Å²) in [5.41, 5.74) is 19.0. The Kier molecular flexibility index (Phi) is 9.32. The van der Waals surface area contributed by atoms with Gasteiger partial charge in [0.05, 0.1) is 29.3 Å². The minimum Gasteiger partial charge on any atom is -0.458 e. The second kappa shape index (κ2) is 17.6. The fraction of sp³-hybridized carbons (Fsp3) is 0.108. The Morgan fingerprint density at radius 2 is 1.03 bits per heavy atom. The Bertz CT molecular complexity index is 4820. The Morgan fingerprint density at radius 3 is 1.71 bits per heavy atom. The normalized spacial score (nSPS) is 13.9. The molecule has 0 unspecified atom stereocenters. The molecule has 15 rings (SSSR count). The number of aromatic nitrogens is 1. The van der Waals surface area contributed by atoms with Crippen molar-refractivity contribution in [3.8, 4) is 61.7 Å². The third kappa shape index (κ3) is 7.58. The molecule has 4 heterocycles. The molecule has 2 aliphatic heterocycles. The minimum atomic E-state index is -0.450. The molecule has 13 aromatic rings. The second-order valence-corrected chi connectivity index (χ2v) is 23.3. The van der Waals surface area contributed by atoms with Crippen molar-refractivity contribution in [2.45, 2.75) is 52.4 Å². The lowest BCUT2D eigenvalue weighted by molar-refractivity contribution is 0.488. The van der Waals surface area contributed by atoms with Gasteiger partial charge in [-0.1, -0.05) is 205 Å². The van der Waals surface area contributed by atoms with E-state index in [2.05, 4.69) is 209 Å². The van der Waals surface area contributed by atoms with Crippen molar-refractivity contribution in [3.63, 3.8) is 0 Å². The molecule has 0 spiro atoms. The SMILES string of the molecule is [2H]c1c([2H])c([2H])c(-c2cc3c4c(c2)N(c2c(-c5ccc6oc7ccccc7c6c5)cccc2-n2c5ccc(C(C)(C)C)cc5c5cc(C(C)(C)C)ccc52)c2ccc(-c5ccccc5)cc2B4c2cc(-c4ccccc4)ccc2O3)c([2H])c1[2H]. The predicted molar refractivity (Wildman–Crippen MR) is 333 cm³/mol. The monoisotopic (exact) mass is 1020 g/mol. The fourth-order valence-electron chi connectivity index (χ4n) is 12.4. The summed E-state index contributed by atoms with van der Waals surface area (Å²) in [7, 11) is 0. The van der Waals surface area contributed by atoms with E-state index >= 15 is 0 Å². The Hall–Kier alpha value is -9.32. The molecule has 0 bridgehead atoms. The summed E-state index contributed by atoms with van der Waals surface area (Å²) in [6, 6.07) is 71.3. The van der Waals surface area contributed by atoms with Crippen LogP contribution in [0.25, 0.3) is 93.9 Å². The number of rotatable bonds is 6. The van der Waals surface area contributed by atoms with Crippen LogP contribution in [0.5, 0.6) is 11.5 Å². The van der Waals surface area contributed by atoms with Crippen LogP contribution in [-0.2, 0) is 10.8 Å². The standard InChI is InChI=1S/C74H57BN2O2/c1-73(2,3)53-32-35-62-57(44-53)58-45-54(74(4,5)6)33-36-63(58)76(62)65-27-18-26-55(51-31-37-68-59(39-51)56-25-16-17-28-67(56)78-68)72(65)77-64-34-29-49(46-19-10-7-11-20-46)40-60(64)75-61-41-50(47-21-12-8-13-22-47)30-38-69(61)79-70-43-52(42-66(77)71(70)75)48-23-14-9-15-24-48/h7-45H,1-6H3/i9D,14D,15D,23D,24D. The maximum atomic E-state index is 9.46. The van der Waals surface area contributed by atoms with Crippen LogP contribution in [0.4, 0.5) is 17.1 Å². The van der Waals surface area contributed by atoms with Gasteiger partial charge in [-0.2, -0.15) is 0 Å². The fourth-order valence-corrected chi connectivity index (χ4v) is 12.4. The van der Waals surface area contributed by atoms with Crippen molar-refractivity contribution in [3.05, 3.63) is 248 Å². The van der Waals surface area contributed by atoms with Gasteiger partial charge in [-0.05, 0) is 150 Å². The van der Waals surface area contributed by atoms with Crippen LogP contribution in [0.1, 0.15) is 59.5 Å². The molecule has 11 aromatic carbocycles. The van der Waals surface area contributed by atoms with E-state index < -0.39 is 18.1 Å². The Balaban J connectivity index is 1.11. The van der Waals surface area contributed by atoms with Gasteiger partial charge in [-0.25, -0.2) is 0 Å². The summed E-state index contributed by atoms with van der Waals surface area (Å²) in [5.74, 6) is 1.21. The van der Waals surface area contributed by atoms with E-state index in [-0.39, 0.29) is 35.2 Å². The molecule has 5 heteroatoms. The van der Waals surface area contributed by atoms with Crippen molar-refractivity contribution < 1.29 is 16.0 Å². The molecule has 2 aromatic heterocycles. The molecular formula is C74H57BN2O2. The van der Waals surface area contributed by atoms with Gasteiger partial charge in [0.1, 0.15) is 22.7 Å². The first kappa shape index (κ1) is 41.8. The lowest BCUT2D eigenvalue weighted by Gasteiger charge is -2.42. The van der Waals surface area contributed by atoms with Gasteiger partial charge in [0.2, 0.25) is 0 Å². The highest BCUT2D eigenvalue weighted by molar-refractivity contribution is 6.99. The number of hydrogen-bond donors (Lipinski definition) is 0. The summed E-state index contributed by atoms with van der Waals surface area (Å²) in [6.07, 6.45) is 0. The highest BCUT2D eigenvalue weighted by atomic mass is 16.5. The summed E-state index contributed by atoms with van der Waals surface area (Å²) < 4.78 is 61.7. The first-order chi connectivity index (χ1) is 40.5. The lowest BCUT2D eigenvalue weighted by atomic mass is 9.34. The highest BCUT2D eigenvalue weighted by Crippen LogP contribution is 2.51. The van der Waals surface area contributed by atoms with E-state index in [0.717, 1.165) is 116 Å². The van der Waals surface area contributed by atoms with Gasteiger partial charge in [0, 0.05) is 38.5 Å². The van der Waals surface area contributed by atoms with E-state index in [1.165, 1.54) is 11.1 Å². The van der Waals surface area contributed by atoms with Crippen LogP contribution in [0.3, 0.4) is 0 Å². The largest absolute Gasteiger partial charge is 0.458 e. The first-order valence-corrected chi connectivity index (χ1v) is 27.3. The number of hydrogen-bond acceptors (Lipinski definition) is 3. The Labute approximate surface area is 468 Å². The number of anilines is 3. The van der Waals surface area contributed by atoms with E-state index in [4.69, 9.17) is 13.3 Å². The summed E-state index contributed by atoms with van der Waals surface area (Å²) in [6.45, 7) is 13.2. The predicted octanol–water partition coefficient (Wildman–Crippen LogP) is 18.4. The number of para-hydroxylation sites is 2. The summed E-state index contributed by atoms with van der Waals surface area (Å²) in [4.78, 5) is 2.38. The van der Waals surface area contributed by atoms with E-state index in [1.54, 1.807) is 0 Å². The van der Waals surface area contributed by atoms with Crippen molar-refractivity contribution in [1.29, 1.82) is 0 Å². The maximum Gasteiger partial charge on any atom is 0.256 e. The van der Waals surface area contributed by atoms with Crippen LogP contribution in [0.15, 0.2) is 241 Å². The van der Waals surface area contributed by atoms with Crippen molar-refractivity contribution in [2.75, 3.05) is 4.90 Å². The van der Waals surface area contributed by atoms with Gasteiger partial charge in [-0.3, -0.25) is 0 Å². The second-order valence-electron chi connectivity index (χ2n) is 23.3. The van der Waals surface area contributed by atoms with Gasteiger partial charge < -0.3 is 18.6 Å². The third-order valence-corrected chi connectivity index (χ3v) is 16.4. The van der Waals surface area contributed by atoms with Crippen molar-refractivity contribution >= 4 is 83.9 Å². The molecule has 0 amide bonds. The molecule has 0 atom stereocenters. The van der Waals surface area contributed by atoms with Gasteiger partial charge >= 0.3 is 0 Å². The van der Waals surface area contributed by atoms with Crippen LogP contribution < -0.4 is 26.0 Å². The molecule has 0 N–H and O–H groups in total. The molecule has 2 aliphatic rings. The molecule has 0 aliphatic carbocycles. The lowest BCUT2D eigenvalue weighted by Crippen LogP contribution is -2.59. The maximum absolute atomic E-state index is 9.46. The highest BCUT2D eigenvalue weighted by Gasteiger charge is 2.44. The average molecular weight is 1020 g/mol. The number of fused-ring (bicyclic) bond motifs is 10. The quantitative estimate of drug-likeness (QED) is 0.156. The molecule has 0 saturated carbocycles.